The number of ether oxygens (including phenoxy) is 1. The fraction of sp³-hybridized carbons (Fsp3) is 0.194. The predicted octanol–water partition coefficient (Wildman–Crippen LogP) is 7.74. The number of aliphatic hydroxyl groups excluding tert-OH is 1. The van der Waals surface area contributed by atoms with Crippen LogP contribution in [-0.4, -0.2) is 43.0 Å². The first-order valence-electron chi connectivity index (χ1n) is 15.4. The summed E-state index contributed by atoms with van der Waals surface area (Å²) in [4.78, 5) is 33.6. The fourth-order valence-corrected chi connectivity index (χ4v) is 7.77. The first-order chi connectivity index (χ1) is 22.9. The van der Waals surface area contributed by atoms with Crippen LogP contribution in [0.2, 0.25) is 0 Å². The summed E-state index contributed by atoms with van der Waals surface area (Å²) in [5.74, 6) is -0.643. The molecule has 0 bridgehead atoms. The second-order valence-electron chi connectivity index (χ2n) is 11.2. The highest BCUT2D eigenvalue weighted by molar-refractivity contribution is 8.00. The Labute approximate surface area is 279 Å². The van der Waals surface area contributed by atoms with Crippen molar-refractivity contribution >= 4 is 62.1 Å². The van der Waals surface area contributed by atoms with E-state index in [1.165, 1.54) is 33.4 Å². The number of aryl methyl sites for hydroxylation is 1. The Kier molecular flexibility index (Phi) is 8.48. The highest BCUT2D eigenvalue weighted by Crippen LogP contribution is 2.45. The van der Waals surface area contributed by atoms with Crippen LogP contribution in [0.25, 0.3) is 22.2 Å². The molecule has 1 fully saturated rings. The number of imidazole rings is 1. The molecule has 0 aliphatic carbocycles. The number of hydrogen-bond acceptors (Lipinski definition) is 9. The molecular formula is C36H31N5O4S2. The molecule has 11 heteroatoms. The van der Waals surface area contributed by atoms with Crippen molar-refractivity contribution in [1.29, 1.82) is 0 Å². The minimum absolute atomic E-state index is 0.0466. The van der Waals surface area contributed by atoms with Crippen LogP contribution in [0.4, 0.5) is 5.13 Å². The van der Waals surface area contributed by atoms with E-state index in [-0.39, 0.29) is 16.5 Å². The fourth-order valence-electron chi connectivity index (χ4n) is 5.90. The van der Waals surface area contributed by atoms with E-state index in [0.717, 1.165) is 23.8 Å². The molecule has 4 heterocycles. The normalized spacial score (nSPS) is 16.0. The van der Waals surface area contributed by atoms with Gasteiger partial charge in [0, 0.05) is 11.9 Å². The van der Waals surface area contributed by atoms with Crippen molar-refractivity contribution in [2.24, 2.45) is 0 Å². The summed E-state index contributed by atoms with van der Waals surface area (Å²) in [6, 6.07) is 26.2. The second kappa shape index (κ2) is 13.0. The van der Waals surface area contributed by atoms with Crippen molar-refractivity contribution < 1.29 is 19.4 Å². The third kappa shape index (κ3) is 5.77. The van der Waals surface area contributed by atoms with Gasteiger partial charge in [0.1, 0.15) is 17.1 Å². The number of aliphatic hydroxyl groups is 1. The lowest BCUT2D eigenvalue weighted by Gasteiger charge is -2.23. The number of benzene rings is 3. The number of carbonyl (C=O) groups is 2. The Morgan fingerprint density at radius 2 is 1.81 bits per heavy atom. The van der Waals surface area contributed by atoms with Gasteiger partial charge in [0.15, 0.2) is 10.1 Å². The summed E-state index contributed by atoms with van der Waals surface area (Å²) < 4.78 is 8.35. The van der Waals surface area contributed by atoms with E-state index >= 15 is 0 Å². The lowest BCUT2D eigenvalue weighted by atomic mass is 9.96. The molecule has 1 atom stereocenters. The lowest BCUT2D eigenvalue weighted by molar-refractivity contribution is -0.132. The molecule has 3 aromatic carbocycles. The van der Waals surface area contributed by atoms with Crippen LogP contribution < -0.4 is 9.64 Å². The third-order valence-corrected chi connectivity index (χ3v) is 10.3. The van der Waals surface area contributed by atoms with E-state index in [1.54, 1.807) is 17.5 Å². The summed E-state index contributed by atoms with van der Waals surface area (Å²) in [7, 11) is 0. The Hall–Kier alpha value is -5.00. The average Bonchev–Trinajstić information content (AvgIpc) is 3.77. The van der Waals surface area contributed by atoms with E-state index in [0.29, 0.717) is 45.0 Å². The van der Waals surface area contributed by atoms with Crippen LogP contribution in [0.15, 0.2) is 101 Å². The van der Waals surface area contributed by atoms with Crippen molar-refractivity contribution in [1.82, 2.24) is 19.6 Å². The number of pyridine rings is 1. The van der Waals surface area contributed by atoms with Gasteiger partial charge in [-0.2, -0.15) is 0 Å². The van der Waals surface area contributed by atoms with E-state index in [1.807, 2.05) is 60.7 Å². The van der Waals surface area contributed by atoms with Crippen molar-refractivity contribution in [2.45, 2.75) is 42.8 Å². The number of Topliss-reactive ketones (excluding diaryl/α,β-unsaturated/α-hetero) is 1. The van der Waals surface area contributed by atoms with Gasteiger partial charge in [-0.3, -0.25) is 18.9 Å². The molecule has 3 aromatic heterocycles. The molecule has 1 aliphatic rings. The first-order valence-corrected chi connectivity index (χ1v) is 17.2. The first kappa shape index (κ1) is 30.6. The molecule has 7 rings (SSSR count). The molecule has 236 valence electrons. The Morgan fingerprint density at radius 1 is 1.00 bits per heavy atom. The van der Waals surface area contributed by atoms with Gasteiger partial charge in [-0.25, -0.2) is 4.98 Å². The van der Waals surface area contributed by atoms with Crippen molar-refractivity contribution in [3.63, 3.8) is 0 Å². The van der Waals surface area contributed by atoms with E-state index in [9.17, 15) is 14.7 Å². The molecule has 1 unspecified atom stereocenters. The number of nitrogens with zero attached hydrogens (tertiary/aromatic N) is 5. The van der Waals surface area contributed by atoms with E-state index in [2.05, 4.69) is 46.4 Å². The standard InChI is InChI=1S/C36H31N5O4S2/c1-3-4-19-45-26-15-10-13-24(20-26)31-29(32(42)30-22(2)37-28-17-7-8-18-40(28)30)33(43)34(44)41(31)35-38-39-36(47-35)46-21-25-14-9-12-23-11-5-6-16-27(23)25/h5-18,20,31,42H,3-4,19,21H2,1-2H3/b32-29+. The maximum atomic E-state index is 13.9. The van der Waals surface area contributed by atoms with Gasteiger partial charge in [-0.1, -0.05) is 97.1 Å². The largest absolute Gasteiger partial charge is 0.505 e. The minimum atomic E-state index is -0.970. The zero-order chi connectivity index (χ0) is 32.5. The van der Waals surface area contributed by atoms with Gasteiger partial charge in [-0.15, -0.1) is 10.2 Å². The number of unbranched alkanes of at least 4 members (excludes halogenated alkanes) is 1. The molecule has 1 N–H and O–H groups in total. The topological polar surface area (TPSA) is 110 Å². The Balaban J connectivity index is 1.29. The number of rotatable bonds is 10. The number of thioether (sulfide) groups is 1. The zero-order valence-electron chi connectivity index (χ0n) is 25.8. The summed E-state index contributed by atoms with van der Waals surface area (Å²) in [5, 5.41) is 23.2. The zero-order valence-corrected chi connectivity index (χ0v) is 27.4. The van der Waals surface area contributed by atoms with Crippen LogP contribution in [0.3, 0.4) is 0 Å². The molecule has 1 saturated heterocycles. The van der Waals surface area contributed by atoms with E-state index in [4.69, 9.17) is 4.74 Å². The molecule has 1 amide bonds. The smallest absolute Gasteiger partial charge is 0.301 e. The van der Waals surface area contributed by atoms with Gasteiger partial charge in [0.25, 0.3) is 5.78 Å². The quantitative estimate of drug-likeness (QED) is 0.0397. The molecule has 47 heavy (non-hydrogen) atoms. The van der Waals surface area contributed by atoms with Crippen molar-refractivity contribution in [3.05, 3.63) is 119 Å². The predicted molar refractivity (Wildman–Crippen MR) is 185 cm³/mol. The molecule has 0 radical (unpaired) electrons. The second-order valence-corrected chi connectivity index (χ2v) is 13.4. The summed E-state index contributed by atoms with van der Waals surface area (Å²) >= 11 is 2.76. The lowest BCUT2D eigenvalue weighted by Crippen LogP contribution is -2.29. The summed E-state index contributed by atoms with van der Waals surface area (Å²) in [6.07, 6.45) is 3.64. The Bertz CT molecular complexity index is 2170. The molecule has 6 aromatic rings. The van der Waals surface area contributed by atoms with Crippen LogP contribution in [0, 0.1) is 6.92 Å². The maximum absolute atomic E-state index is 13.9. The monoisotopic (exact) mass is 661 g/mol. The van der Waals surface area contributed by atoms with Crippen LogP contribution in [0.5, 0.6) is 5.75 Å². The molecular weight excluding hydrogens is 631 g/mol. The third-order valence-electron chi connectivity index (χ3n) is 8.15. The number of ketones is 1. The molecule has 9 nitrogen and oxygen atoms in total. The Morgan fingerprint density at radius 3 is 2.68 bits per heavy atom. The number of anilines is 1. The van der Waals surface area contributed by atoms with Gasteiger partial charge >= 0.3 is 5.91 Å². The maximum Gasteiger partial charge on any atom is 0.301 e. The average molecular weight is 662 g/mol. The van der Waals surface area contributed by atoms with Gasteiger partial charge in [-0.05, 0) is 59.5 Å². The van der Waals surface area contributed by atoms with Gasteiger partial charge in [0.05, 0.1) is 23.9 Å². The highest BCUT2D eigenvalue weighted by atomic mass is 32.2. The summed E-state index contributed by atoms with van der Waals surface area (Å²) in [5.41, 5.74) is 3.20. The van der Waals surface area contributed by atoms with Crippen LogP contribution >= 0.6 is 23.1 Å². The van der Waals surface area contributed by atoms with Gasteiger partial charge < -0.3 is 9.84 Å². The number of hydrogen-bond donors (Lipinski definition) is 1. The molecule has 1 aliphatic heterocycles. The summed E-state index contributed by atoms with van der Waals surface area (Å²) in [6.45, 7) is 4.39. The van der Waals surface area contributed by atoms with Gasteiger partial charge in [0.2, 0.25) is 5.13 Å². The molecule has 0 saturated carbocycles. The molecule has 0 spiro atoms. The minimum Gasteiger partial charge on any atom is -0.505 e. The number of aromatic nitrogens is 4. The van der Waals surface area contributed by atoms with Crippen molar-refractivity contribution in [3.8, 4) is 5.75 Å². The van der Waals surface area contributed by atoms with Crippen molar-refractivity contribution in [2.75, 3.05) is 11.5 Å². The SMILES string of the molecule is CCCCOc1cccc(C2/C(=C(\O)c3c(C)nc4ccccn34)C(=O)C(=O)N2c2nnc(SCc3cccc4ccccc34)s2)c1. The van der Waals surface area contributed by atoms with E-state index < -0.39 is 17.7 Å². The number of amides is 1. The van der Waals surface area contributed by atoms with Crippen LogP contribution in [0.1, 0.15) is 48.3 Å². The van der Waals surface area contributed by atoms with Crippen LogP contribution in [-0.2, 0) is 15.3 Å². The number of carbonyl (C=O) groups excluding carboxylic acids is 2. The number of fused-ring (bicyclic) bond motifs is 2. The highest BCUT2D eigenvalue weighted by Gasteiger charge is 2.49.